The average molecular weight is 566 g/mol. The van der Waals surface area contributed by atoms with Gasteiger partial charge in [-0.15, -0.1) is 0 Å². The molecule has 2 heterocycles. The lowest BCUT2D eigenvalue weighted by Gasteiger charge is -2.40. The molecule has 0 spiro atoms. The molecule has 1 unspecified atom stereocenters. The number of aliphatic hydroxyl groups is 1. The summed E-state index contributed by atoms with van der Waals surface area (Å²) in [6, 6.07) is 2.95. The summed E-state index contributed by atoms with van der Waals surface area (Å²) in [5, 5.41) is 15.6. The Bertz CT molecular complexity index is 1300. The van der Waals surface area contributed by atoms with E-state index in [1.54, 1.807) is 4.57 Å². The molecule has 2 aliphatic rings. The number of carbonyl (C=O) groups excluding carboxylic acids is 3. The van der Waals surface area contributed by atoms with Crippen LogP contribution in [0.5, 0.6) is 0 Å². The van der Waals surface area contributed by atoms with Crippen molar-refractivity contribution in [2.24, 2.45) is 5.92 Å². The second-order valence-electron chi connectivity index (χ2n) is 11.6. The molecule has 1 atom stereocenters. The Balaban J connectivity index is 1.47. The molecule has 1 aliphatic carbocycles. The van der Waals surface area contributed by atoms with Gasteiger partial charge in [-0.05, 0) is 78.4 Å². The highest BCUT2D eigenvalue weighted by Gasteiger charge is 2.39. The fraction of sp³-hybridized carbons (Fsp3) is 0.536. The van der Waals surface area contributed by atoms with E-state index in [-0.39, 0.29) is 27.9 Å². The van der Waals surface area contributed by atoms with Crippen molar-refractivity contribution in [2.45, 2.75) is 90.2 Å². The van der Waals surface area contributed by atoms with E-state index in [0.29, 0.717) is 50.8 Å². The minimum absolute atomic E-state index is 0.0279. The van der Waals surface area contributed by atoms with E-state index in [1.165, 1.54) is 6.07 Å². The summed E-state index contributed by atoms with van der Waals surface area (Å²) in [6.45, 7) is 7.88. The van der Waals surface area contributed by atoms with Gasteiger partial charge in [0.25, 0.3) is 17.6 Å². The maximum atomic E-state index is 13.6. The number of Topliss-reactive ketones (excluding diaryl/α,β-unsaturated/α-hetero) is 1. The Morgan fingerprint density at radius 3 is 2.46 bits per heavy atom. The summed E-state index contributed by atoms with van der Waals surface area (Å²) in [5.41, 5.74) is -0.638. The molecule has 1 fully saturated rings. The number of halogens is 3. The predicted octanol–water partition coefficient (Wildman–Crippen LogP) is 5.00. The van der Waals surface area contributed by atoms with E-state index in [0.717, 1.165) is 12.1 Å². The molecular weight excluding hydrogens is 532 g/mol. The zero-order valence-electron chi connectivity index (χ0n) is 22.5. The van der Waals surface area contributed by atoms with Crippen LogP contribution in [-0.4, -0.2) is 44.7 Å². The predicted molar refractivity (Wildman–Crippen MR) is 142 cm³/mol. The molecule has 212 valence electrons. The number of carbonyl (C=O) groups is 3. The van der Waals surface area contributed by atoms with Crippen molar-refractivity contribution in [3.05, 3.63) is 51.8 Å². The van der Waals surface area contributed by atoms with Crippen molar-refractivity contribution in [3.63, 3.8) is 0 Å². The molecule has 1 aliphatic heterocycles. The van der Waals surface area contributed by atoms with Crippen LogP contribution in [0.15, 0.2) is 18.2 Å². The molecule has 4 rings (SSSR count). The molecule has 2 amide bonds. The quantitative estimate of drug-likeness (QED) is 0.249. The van der Waals surface area contributed by atoms with E-state index in [9.17, 15) is 28.3 Å². The standard InChI is InChI=1S/C28H34ClF2N3O5/c1-27(2,3)39-26(38)15-9-11-28(4,12-10-15)33-25(37)23(35)22-21(29)20(19-6-5-13-34(19)22)24(36)32-16-7-8-17(30)18(31)14-16/h7-8,14-15,26,38H,5-6,9-13H2,1-4H3,(H,32,36)(H,33,37). The number of amides is 2. The largest absolute Gasteiger partial charge is 0.368 e. The average Bonchev–Trinajstić information content (AvgIpc) is 3.39. The van der Waals surface area contributed by atoms with Gasteiger partial charge in [0, 0.05) is 35.4 Å². The van der Waals surface area contributed by atoms with Crippen molar-refractivity contribution in [1.82, 2.24) is 9.88 Å². The van der Waals surface area contributed by atoms with E-state index in [2.05, 4.69) is 10.6 Å². The lowest BCUT2D eigenvalue weighted by molar-refractivity contribution is -0.198. The molecule has 11 heteroatoms. The summed E-state index contributed by atoms with van der Waals surface area (Å²) in [7, 11) is 0. The zero-order chi connectivity index (χ0) is 28.7. The third-order valence-corrected chi connectivity index (χ3v) is 7.73. The van der Waals surface area contributed by atoms with Crippen LogP contribution in [0.3, 0.4) is 0 Å². The van der Waals surface area contributed by atoms with Crippen LogP contribution in [0.25, 0.3) is 0 Å². The Labute approximate surface area is 231 Å². The number of ketones is 1. The van der Waals surface area contributed by atoms with E-state index >= 15 is 0 Å². The number of hydrogen-bond acceptors (Lipinski definition) is 5. The normalized spacial score (nSPS) is 21.8. The summed E-state index contributed by atoms with van der Waals surface area (Å²) in [4.78, 5) is 39.5. The third kappa shape index (κ3) is 6.34. The number of aromatic nitrogens is 1. The van der Waals surface area contributed by atoms with E-state index in [4.69, 9.17) is 16.3 Å². The first-order valence-electron chi connectivity index (χ1n) is 13.1. The molecular formula is C28H34ClF2N3O5. The van der Waals surface area contributed by atoms with Crippen molar-refractivity contribution >= 4 is 34.9 Å². The summed E-state index contributed by atoms with van der Waals surface area (Å²) >= 11 is 6.53. The fourth-order valence-corrected chi connectivity index (χ4v) is 5.73. The summed E-state index contributed by atoms with van der Waals surface area (Å²) in [5.74, 6) is -4.61. The molecule has 0 saturated heterocycles. The summed E-state index contributed by atoms with van der Waals surface area (Å²) < 4.78 is 34.2. The lowest BCUT2D eigenvalue weighted by atomic mass is 9.77. The van der Waals surface area contributed by atoms with Crippen molar-refractivity contribution in [1.29, 1.82) is 0 Å². The molecule has 39 heavy (non-hydrogen) atoms. The van der Waals surface area contributed by atoms with Gasteiger partial charge in [0.1, 0.15) is 5.69 Å². The highest BCUT2D eigenvalue weighted by Crippen LogP contribution is 2.37. The minimum Gasteiger partial charge on any atom is -0.368 e. The van der Waals surface area contributed by atoms with E-state index < -0.39 is 46.7 Å². The second kappa shape index (κ2) is 11.0. The maximum Gasteiger partial charge on any atom is 0.294 e. The first-order valence-corrected chi connectivity index (χ1v) is 13.5. The van der Waals surface area contributed by atoms with Gasteiger partial charge in [-0.3, -0.25) is 14.4 Å². The van der Waals surface area contributed by atoms with Gasteiger partial charge in [-0.25, -0.2) is 8.78 Å². The van der Waals surface area contributed by atoms with Crippen LogP contribution in [0, 0.1) is 17.6 Å². The SMILES string of the molecule is CC1(NC(=O)C(=O)c2c(Cl)c(C(=O)Nc3ccc(F)c(F)c3)c3n2CCC3)CCC(C(O)OC(C)(C)C)CC1. The van der Waals surface area contributed by atoms with Gasteiger partial charge in [0.2, 0.25) is 0 Å². The van der Waals surface area contributed by atoms with Crippen LogP contribution in [0.4, 0.5) is 14.5 Å². The molecule has 1 aromatic heterocycles. The first kappa shape index (κ1) is 29.2. The Morgan fingerprint density at radius 1 is 1.18 bits per heavy atom. The topological polar surface area (TPSA) is 110 Å². The van der Waals surface area contributed by atoms with Crippen LogP contribution in [0.2, 0.25) is 5.02 Å². The number of rotatable bonds is 7. The van der Waals surface area contributed by atoms with Gasteiger partial charge in [0.05, 0.1) is 16.2 Å². The van der Waals surface area contributed by atoms with E-state index in [1.807, 2.05) is 27.7 Å². The number of nitrogens with one attached hydrogen (secondary N) is 2. The molecule has 0 radical (unpaired) electrons. The Hall–Kier alpha value is -2.82. The van der Waals surface area contributed by atoms with Crippen LogP contribution in [0.1, 0.15) is 86.3 Å². The van der Waals surface area contributed by atoms with Gasteiger partial charge >= 0.3 is 0 Å². The number of anilines is 1. The molecule has 1 aromatic carbocycles. The molecule has 8 nitrogen and oxygen atoms in total. The lowest BCUT2D eigenvalue weighted by Crippen LogP contribution is -2.51. The zero-order valence-corrected chi connectivity index (χ0v) is 23.3. The number of hydrogen-bond donors (Lipinski definition) is 3. The maximum absolute atomic E-state index is 13.6. The van der Waals surface area contributed by atoms with Crippen molar-refractivity contribution in [3.8, 4) is 0 Å². The molecule has 2 aromatic rings. The third-order valence-electron chi connectivity index (χ3n) is 7.36. The monoisotopic (exact) mass is 565 g/mol. The van der Waals surface area contributed by atoms with Crippen LogP contribution in [-0.2, 0) is 22.5 Å². The Kier molecular flexibility index (Phi) is 8.21. The van der Waals surface area contributed by atoms with Crippen molar-refractivity contribution < 1.29 is 33.0 Å². The van der Waals surface area contributed by atoms with Gasteiger partial charge in [-0.1, -0.05) is 11.6 Å². The smallest absolute Gasteiger partial charge is 0.294 e. The van der Waals surface area contributed by atoms with Gasteiger partial charge < -0.3 is 25.0 Å². The second-order valence-corrected chi connectivity index (χ2v) is 12.0. The minimum atomic E-state index is -1.12. The molecule has 0 bridgehead atoms. The van der Waals surface area contributed by atoms with Crippen LogP contribution >= 0.6 is 11.6 Å². The number of nitrogens with zero attached hydrogens (tertiary/aromatic N) is 1. The van der Waals surface area contributed by atoms with Crippen molar-refractivity contribution in [2.75, 3.05) is 5.32 Å². The first-order chi connectivity index (χ1) is 18.2. The molecule has 1 saturated carbocycles. The molecule has 3 N–H and O–H groups in total. The number of aliphatic hydroxyl groups excluding tert-OH is 1. The fourth-order valence-electron chi connectivity index (χ4n) is 5.35. The van der Waals surface area contributed by atoms with Gasteiger partial charge in [-0.2, -0.15) is 0 Å². The number of fused-ring (bicyclic) bond motifs is 1. The highest BCUT2D eigenvalue weighted by molar-refractivity contribution is 6.48. The van der Waals surface area contributed by atoms with Crippen LogP contribution < -0.4 is 10.6 Å². The number of ether oxygens (including phenoxy) is 1. The summed E-state index contributed by atoms with van der Waals surface area (Å²) in [6.07, 6.45) is 2.51. The Morgan fingerprint density at radius 2 is 1.85 bits per heavy atom. The highest BCUT2D eigenvalue weighted by atomic mass is 35.5. The van der Waals surface area contributed by atoms with Gasteiger partial charge in [0.15, 0.2) is 17.9 Å². The number of benzene rings is 1.